The van der Waals surface area contributed by atoms with E-state index in [1.165, 1.54) is 17.3 Å². The van der Waals surface area contributed by atoms with Gasteiger partial charge >= 0.3 is 0 Å². The van der Waals surface area contributed by atoms with Crippen molar-refractivity contribution in [1.29, 1.82) is 0 Å². The highest BCUT2D eigenvalue weighted by Gasteiger charge is 2.13. The number of nitrogens with zero attached hydrogens (tertiary/aromatic N) is 2. The van der Waals surface area contributed by atoms with E-state index in [0.29, 0.717) is 18.9 Å². The first-order chi connectivity index (χ1) is 12.2. The second-order valence-electron chi connectivity index (χ2n) is 5.84. The summed E-state index contributed by atoms with van der Waals surface area (Å²) in [5.41, 5.74) is 3.16. The molecule has 0 amide bonds. The Kier molecular flexibility index (Phi) is 5.96. The fraction of sp³-hybridized carbons (Fsp3) is 0.316. The molecule has 132 valence electrons. The predicted molar refractivity (Wildman–Crippen MR) is 100 cm³/mol. The number of benzene rings is 2. The average Bonchev–Trinajstić information content (AvgIpc) is 2.99. The fourth-order valence-electron chi connectivity index (χ4n) is 2.49. The molecule has 1 heterocycles. The topological polar surface area (TPSA) is 67.5 Å². The number of hydrogen-bond donors (Lipinski definition) is 2. The number of aliphatic hydroxyl groups is 2. The standard InChI is InChI=1S/C19H22N2O3S/c1-14-6-8-16(9-7-14)24-11-10-21-18-5-3-2-4-17(18)20-19(21)25-13-15(23)12-22/h2-9,15,22-23H,10-13H2,1H3/t15-/m0/s1. The van der Waals surface area contributed by atoms with Gasteiger partial charge in [0.25, 0.3) is 0 Å². The Morgan fingerprint density at radius 1 is 1.16 bits per heavy atom. The zero-order valence-corrected chi connectivity index (χ0v) is 14.9. The molecule has 2 aromatic carbocycles. The number of imidazole rings is 1. The number of rotatable bonds is 8. The number of ether oxygens (including phenoxy) is 1. The summed E-state index contributed by atoms with van der Waals surface area (Å²) < 4.78 is 7.93. The van der Waals surface area contributed by atoms with Crippen molar-refractivity contribution >= 4 is 22.8 Å². The highest BCUT2D eigenvalue weighted by atomic mass is 32.2. The lowest BCUT2D eigenvalue weighted by Crippen LogP contribution is -2.16. The summed E-state index contributed by atoms with van der Waals surface area (Å²) in [6, 6.07) is 15.9. The molecule has 0 bridgehead atoms. The number of thioether (sulfide) groups is 1. The Morgan fingerprint density at radius 3 is 2.68 bits per heavy atom. The molecule has 5 nitrogen and oxygen atoms in total. The summed E-state index contributed by atoms with van der Waals surface area (Å²) in [5, 5.41) is 19.4. The predicted octanol–water partition coefficient (Wildman–Crippen LogP) is 2.87. The van der Waals surface area contributed by atoms with Crippen LogP contribution in [-0.4, -0.2) is 44.8 Å². The van der Waals surface area contributed by atoms with Gasteiger partial charge in [-0.15, -0.1) is 0 Å². The monoisotopic (exact) mass is 358 g/mol. The molecule has 3 rings (SSSR count). The van der Waals surface area contributed by atoms with Gasteiger partial charge in [-0.1, -0.05) is 41.6 Å². The van der Waals surface area contributed by atoms with E-state index in [1.807, 2.05) is 55.5 Å². The second-order valence-corrected chi connectivity index (χ2v) is 6.83. The van der Waals surface area contributed by atoms with Crippen LogP contribution in [0.3, 0.4) is 0 Å². The van der Waals surface area contributed by atoms with E-state index in [1.54, 1.807) is 0 Å². The van der Waals surface area contributed by atoms with Crippen molar-refractivity contribution in [3.63, 3.8) is 0 Å². The van der Waals surface area contributed by atoms with E-state index >= 15 is 0 Å². The van der Waals surface area contributed by atoms with E-state index in [4.69, 9.17) is 9.84 Å². The molecule has 0 saturated heterocycles. The first-order valence-electron chi connectivity index (χ1n) is 8.24. The van der Waals surface area contributed by atoms with Crippen LogP contribution >= 0.6 is 11.8 Å². The molecular formula is C19H22N2O3S. The van der Waals surface area contributed by atoms with Gasteiger partial charge in [-0.3, -0.25) is 0 Å². The molecule has 2 N–H and O–H groups in total. The molecule has 0 spiro atoms. The lowest BCUT2D eigenvalue weighted by Gasteiger charge is -2.11. The summed E-state index contributed by atoms with van der Waals surface area (Å²) in [4.78, 5) is 4.63. The first-order valence-corrected chi connectivity index (χ1v) is 9.22. The fourth-order valence-corrected chi connectivity index (χ4v) is 3.45. The molecule has 25 heavy (non-hydrogen) atoms. The molecule has 1 aromatic heterocycles. The number of aromatic nitrogens is 2. The SMILES string of the molecule is Cc1ccc(OCCn2c(SC[C@@H](O)CO)nc3ccccc32)cc1. The Balaban J connectivity index is 1.72. The lowest BCUT2D eigenvalue weighted by molar-refractivity contribution is 0.113. The lowest BCUT2D eigenvalue weighted by atomic mass is 10.2. The van der Waals surface area contributed by atoms with Crippen LogP contribution in [0, 0.1) is 6.92 Å². The summed E-state index contributed by atoms with van der Waals surface area (Å²) in [6.45, 7) is 2.99. The van der Waals surface area contributed by atoms with Gasteiger partial charge < -0.3 is 19.5 Å². The van der Waals surface area contributed by atoms with Crippen LogP contribution in [0.2, 0.25) is 0 Å². The van der Waals surface area contributed by atoms with Crippen molar-refractivity contribution in [2.24, 2.45) is 0 Å². The van der Waals surface area contributed by atoms with E-state index in [2.05, 4.69) is 9.55 Å². The zero-order valence-electron chi connectivity index (χ0n) is 14.1. The smallest absolute Gasteiger partial charge is 0.169 e. The quantitative estimate of drug-likeness (QED) is 0.606. The molecule has 0 aliphatic heterocycles. The molecule has 0 aliphatic rings. The van der Waals surface area contributed by atoms with Crippen molar-refractivity contribution in [1.82, 2.24) is 9.55 Å². The zero-order chi connectivity index (χ0) is 17.6. The Hall–Kier alpha value is -2.02. The third-order valence-electron chi connectivity index (χ3n) is 3.84. The van der Waals surface area contributed by atoms with Gasteiger partial charge in [0.1, 0.15) is 12.4 Å². The maximum Gasteiger partial charge on any atom is 0.169 e. The van der Waals surface area contributed by atoms with Gasteiger partial charge in [0.2, 0.25) is 0 Å². The van der Waals surface area contributed by atoms with E-state index in [-0.39, 0.29) is 6.61 Å². The van der Waals surface area contributed by atoms with Crippen LogP contribution in [0.5, 0.6) is 5.75 Å². The average molecular weight is 358 g/mol. The van der Waals surface area contributed by atoms with Gasteiger partial charge in [-0.25, -0.2) is 4.98 Å². The third kappa shape index (κ3) is 4.54. The maximum absolute atomic E-state index is 9.60. The van der Waals surface area contributed by atoms with Crippen molar-refractivity contribution in [2.45, 2.75) is 24.7 Å². The molecule has 0 saturated carbocycles. The van der Waals surface area contributed by atoms with E-state index < -0.39 is 6.10 Å². The van der Waals surface area contributed by atoms with Gasteiger partial charge in [0, 0.05) is 5.75 Å². The van der Waals surface area contributed by atoms with E-state index in [9.17, 15) is 5.11 Å². The molecule has 0 fully saturated rings. The molecular weight excluding hydrogens is 336 g/mol. The van der Waals surface area contributed by atoms with Crippen LogP contribution in [0.25, 0.3) is 11.0 Å². The van der Waals surface area contributed by atoms with Crippen molar-refractivity contribution in [3.8, 4) is 5.75 Å². The number of hydrogen-bond acceptors (Lipinski definition) is 5. The van der Waals surface area contributed by atoms with Crippen LogP contribution in [0.15, 0.2) is 53.7 Å². The summed E-state index contributed by atoms with van der Waals surface area (Å²) in [6.07, 6.45) is -0.748. The van der Waals surface area contributed by atoms with Gasteiger partial charge in [-0.2, -0.15) is 0 Å². The normalized spacial score (nSPS) is 12.4. The molecule has 0 aliphatic carbocycles. The van der Waals surface area contributed by atoms with Gasteiger partial charge in [0.15, 0.2) is 5.16 Å². The summed E-state index contributed by atoms with van der Waals surface area (Å²) >= 11 is 1.44. The first kappa shape index (κ1) is 17.8. The number of para-hydroxylation sites is 2. The highest BCUT2D eigenvalue weighted by molar-refractivity contribution is 7.99. The number of aliphatic hydroxyl groups excluding tert-OH is 2. The minimum Gasteiger partial charge on any atom is -0.492 e. The summed E-state index contributed by atoms with van der Waals surface area (Å²) in [5.74, 6) is 1.25. The summed E-state index contributed by atoms with van der Waals surface area (Å²) in [7, 11) is 0. The molecule has 6 heteroatoms. The second kappa shape index (κ2) is 8.38. The maximum atomic E-state index is 9.60. The minimum atomic E-state index is -0.748. The Labute approximate surface area is 151 Å². The van der Waals surface area contributed by atoms with Crippen LogP contribution in [-0.2, 0) is 6.54 Å². The Bertz CT molecular complexity index is 817. The highest BCUT2D eigenvalue weighted by Crippen LogP contribution is 2.24. The van der Waals surface area contributed by atoms with Crippen LogP contribution < -0.4 is 4.74 Å². The van der Waals surface area contributed by atoms with Crippen LogP contribution in [0.4, 0.5) is 0 Å². The molecule has 1 atom stereocenters. The number of fused-ring (bicyclic) bond motifs is 1. The van der Waals surface area contributed by atoms with Crippen molar-refractivity contribution in [2.75, 3.05) is 19.0 Å². The van der Waals surface area contributed by atoms with Crippen molar-refractivity contribution < 1.29 is 14.9 Å². The minimum absolute atomic E-state index is 0.246. The molecule has 0 unspecified atom stereocenters. The largest absolute Gasteiger partial charge is 0.492 e. The molecule has 3 aromatic rings. The molecule has 0 radical (unpaired) electrons. The van der Waals surface area contributed by atoms with Crippen LogP contribution in [0.1, 0.15) is 5.56 Å². The third-order valence-corrected chi connectivity index (χ3v) is 4.96. The van der Waals surface area contributed by atoms with Crippen molar-refractivity contribution in [3.05, 3.63) is 54.1 Å². The number of aryl methyl sites for hydroxylation is 1. The van der Waals surface area contributed by atoms with Gasteiger partial charge in [0.05, 0.1) is 30.3 Å². The Morgan fingerprint density at radius 2 is 1.92 bits per heavy atom. The van der Waals surface area contributed by atoms with E-state index in [0.717, 1.165) is 21.9 Å². The van der Waals surface area contributed by atoms with Gasteiger partial charge in [-0.05, 0) is 31.2 Å².